The summed E-state index contributed by atoms with van der Waals surface area (Å²) in [5, 5.41) is 6.68. The van der Waals surface area contributed by atoms with Gasteiger partial charge in [0.15, 0.2) is 5.96 Å². The molecule has 0 aromatic rings. The van der Waals surface area contributed by atoms with Crippen LogP contribution in [0, 0.1) is 0 Å². The molecule has 0 bridgehead atoms. The number of methoxy groups -OCH3 is 1. The lowest BCUT2D eigenvalue weighted by atomic mass is 10.3. The summed E-state index contributed by atoms with van der Waals surface area (Å²) >= 11 is 0. The Morgan fingerprint density at radius 3 is 2.80 bits per heavy atom. The molecule has 6 nitrogen and oxygen atoms in total. The van der Waals surface area contributed by atoms with Gasteiger partial charge in [0.25, 0.3) is 0 Å². The van der Waals surface area contributed by atoms with E-state index >= 15 is 0 Å². The average Bonchev–Trinajstić information content (AvgIpc) is 2.63. The molecule has 1 saturated heterocycles. The maximum absolute atomic E-state index is 5.11. The standard InChI is InChI=1S/C14H31N5O/c1-13(12-20-4)17-14(15-2)16-6-9-19-8-5-7-18(3)10-11-19/h13H,5-12H2,1-4H3,(H2,15,16,17). The Morgan fingerprint density at radius 2 is 2.10 bits per heavy atom. The Bertz CT molecular complexity index is 285. The van der Waals surface area contributed by atoms with Gasteiger partial charge in [-0.3, -0.25) is 4.99 Å². The van der Waals surface area contributed by atoms with Gasteiger partial charge in [0.2, 0.25) is 0 Å². The summed E-state index contributed by atoms with van der Waals surface area (Å²) in [6.45, 7) is 9.47. The van der Waals surface area contributed by atoms with Crippen molar-refractivity contribution in [3.8, 4) is 0 Å². The van der Waals surface area contributed by atoms with Gasteiger partial charge in [-0.05, 0) is 33.5 Å². The van der Waals surface area contributed by atoms with Gasteiger partial charge in [-0.15, -0.1) is 0 Å². The van der Waals surface area contributed by atoms with Crippen LogP contribution in [0.3, 0.4) is 0 Å². The molecule has 1 aliphatic heterocycles. The van der Waals surface area contributed by atoms with Crippen LogP contribution < -0.4 is 10.6 Å². The highest BCUT2D eigenvalue weighted by Crippen LogP contribution is 1.99. The van der Waals surface area contributed by atoms with E-state index in [1.165, 1.54) is 19.5 Å². The highest BCUT2D eigenvalue weighted by atomic mass is 16.5. The number of aliphatic imine (C=N–C) groups is 1. The van der Waals surface area contributed by atoms with Crippen LogP contribution >= 0.6 is 0 Å². The summed E-state index contributed by atoms with van der Waals surface area (Å²) < 4.78 is 5.11. The van der Waals surface area contributed by atoms with Crippen molar-refractivity contribution in [2.24, 2.45) is 4.99 Å². The molecule has 0 amide bonds. The van der Waals surface area contributed by atoms with E-state index in [1.807, 2.05) is 0 Å². The lowest BCUT2D eigenvalue weighted by Gasteiger charge is -2.22. The lowest BCUT2D eigenvalue weighted by Crippen LogP contribution is -2.46. The minimum atomic E-state index is 0.262. The fraction of sp³-hybridized carbons (Fsp3) is 0.929. The van der Waals surface area contributed by atoms with Crippen molar-refractivity contribution in [2.45, 2.75) is 19.4 Å². The zero-order chi connectivity index (χ0) is 14.8. The van der Waals surface area contributed by atoms with Crippen LogP contribution in [0.5, 0.6) is 0 Å². The molecule has 20 heavy (non-hydrogen) atoms. The van der Waals surface area contributed by atoms with Crippen LogP contribution in [0.15, 0.2) is 4.99 Å². The normalized spacial score (nSPS) is 20.5. The zero-order valence-electron chi connectivity index (χ0n) is 13.5. The van der Waals surface area contributed by atoms with Gasteiger partial charge in [0.05, 0.1) is 6.61 Å². The Kier molecular flexibility index (Phi) is 8.57. The van der Waals surface area contributed by atoms with E-state index in [-0.39, 0.29) is 6.04 Å². The summed E-state index contributed by atoms with van der Waals surface area (Å²) in [5.74, 6) is 0.849. The second kappa shape index (κ2) is 9.96. The molecule has 1 rings (SSSR count). The number of hydrogen-bond acceptors (Lipinski definition) is 4. The largest absolute Gasteiger partial charge is 0.383 e. The van der Waals surface area contributed by atoms with Crippen molar-refractivity contribution in [1.29, 1.82) is 0 Å². The molecule has 1 unspecified atom stereocenters. The molecule has 2 N–H and O–H groups in total. The van der Waals surface area contributed by atoms with Crippen LogP contribution in [0.2, 0.25) is 0 Å². The molecule has 1 atom stereocenters. The quantitative estimate of drug-likeness (QED) is 0.524. The highest BCUT2D eigenvalue weighted by molar-refractivity contribution is 5.79. The number of nitrogens with one attached hydrogen (secondary N) is 2. The van der Waals surface area contributed by atoms with Crippen LogP contribution in [0.4, 0.5) is 0 Å². The second-order valence-electron chi connectivity index (χ2n) is 5.50. The third-order valence-corrected chi connectivity index (χ3v) is 3.56. The summed E-state index contributed by atoms with van der Waals surface area (Å²) in [6, 6.07) is 0.262. The molecule has 6 heteroatoms. The van der Waals surface area contributed by atoms with E-state index < -0.39 is 0 Å². The van der Waals surface area contributed by atoms with Crippen molar-refractivity contribution in [3.05, 3.63) is 0 Å². The molecule has 0 aliphatic carbocycles. The Labute approximate surface area is 123 Å². The van der Waals surface area contributed by atoms with E-state index in [1.54, 1.807) is 14.2 Å². The van der Waals surface area contributed by atoms with E-state index in [0.29, 0.717) is 6.61 Å². The van der Waals surface area contributed by atoms with Crippen molar-refractivity contribution in [2.75, 3.05) is 67.1 Å². The van der Waals surface area contributed by atoms with Crippen molar-refractivity contribution >= 4 is 5.96 Å². The summed E-state index contributed by atoms with van der Waals surface area (Å²) in [6.07, 6.45) is 1.26. The molecular weight excluding hydrogens is 254 g/mol. The van der Waals surface area contributed by atoms with Gasteiger partial charge < -0.3 is 25.2 Å². The van der Waals surface area contributed by atoms with Crippen LogP contribution in [0.1, 0.15) is 13.3 Å². The van der Waals surface area contributed by atoms with E-state index in [4.69, 9.17) is 4.74 Å². The van der Waals surface area contributed by atoms with Gasteiger partial charge in [-0.25, -0.2) is 0 Å². The van der Waals surface area contributed by atoms with Crippen molar-refractivity contribution in [3.63, 3.8) is 0 Å². The highest BCUT2D eigenvalue weighted by Gasteiger charge is 2.11. The number of ether oxygens (including phenoxy) is 1. The fourth-order valence-electron chi connectivity index (χ4n) is 2.38. The van der Waals surface area contributed by atoms with Gasteiger partial charge in [0.1, 0.15) is 0 Å². The average molecular weight is 285 g/mol. The number of hydrogen-bond donors (Lipinski definition) is 2. The molecule has 1 fully saturated rings. The first-order chi connectivity index (χ1) is 9.65. The van der Waals surface area contributed by atoms with Gasteiger partial charge in [-0.2, -0.15) is 0 Å². The summed E-state index contributed by atoms with van der Waals surface area (Å²) in [4.78, 5) is 9.15. The number of nitrogens with zero attached hydrogens (tertiary/aromatic N) is 3. The molecule has 118 valence electrons. The monoisotopic (exact) mass is 285 g/mol. The number of likely N-dealkylation sites (N-methyl/N-ethyl adjacent to an activating group) is 1. The topological polar surface area (TPSA) is 52.1 Å². The Morgan fingerprint density at radius 1 is 1.30 bits per heavy atom. The predicted octanol–water partition coefficient (Wildman–Crippen LogP) is -0.176. The van der Waals surface area contributed by atoms with Crippen LogP contribution in [-0.2, 0) is 4.74 Å². The summed E-state index contributed by atoms with van der Waals surface area (Å²) in [5.41, 5.74) is 0. The van der Waals surface area contributed by atoms with E-state index in [0.717, 1.165) is 32.1 Å². The summed E-state index contributed by atoms with van der Waals surface area (Å²) in [7, 11) is 5.71. The maximum Gasteiger partial charge on any atom is 0.191 e. The molecule has 0 aromatic carbocycles. The Balaban J connectivity index is 2.20. The molecular formula is C14H31N5O. The SMILES string of the molecule is CN=C(NCCN1CCCN(C)CC1)NC(C)COC. The predicted molar refractivity (Wildman–Crippen MR) is 84.4 cm³/mol. The first-order valence-corrected chi connectivity index (χ1v) is 7.52. The Hall–Kier alpha value is -0.850. The number of rotatable bonds is 6. The molecule has 1 aliphatic rings. The van der Waals surface area contributed by atoms with Crippen LogP contribution in [0.25, 0.3) is 0 Å². The minimum Gasteiger partial charge on any atom is -0.383 e. The zero-order valence-corrected chi connectivity index (χ0v) is 13.5. The number of guanidine groups is 1. The molecule has 0 radical (unpaired) electrons. The van der Waals surface area contributed by atoms with E-state index in [9.17, 15) is 0 Å². The third kappa shape index (κ3) is 7.07. The van der Waals surface area contributed by atoms with E-state index in [2.05, 4.69) is 39.4 Å². The van der Waals surface area contributed by atoms with Crippen molar-refractivity contribution < 1.29 is 4.74 Å². The first-order valence-electron chi connectivity index (χ1n) is 7.52. The van der Waals surface area contributed by atoms with Gasteiger partial charge >= 0.3 is 0 Å². The molecule has 0 spiro atoms. The smallest absolute Gasteiger partial charge is 0.191 e. The molecule has 0 aromatic heterocycles. The van der Waals surface area contributed by atoms with Gasteiger partial charge in [-0.1, -0.05) is 0 Å². The van der Waals surface area contributed by atoms with Crippen LogP contribution in [-0.4, -0.2) is 88.9 Å². The molecule has 1 heterocycles. The van der Waals surface area contributed by atoms with Gasteiger partial charge in [0, 0.05) is 46.4 Å². The lowest BCUT2D eigenvalue weighted by molar-refractivity contribution is 0.179. The third-order valence-electron chi connectivity index (χ3n) is 3.56. The second-order valence-corrected chi connectivity index (χ2v) is 5.50. The molecule has 0 saturated carbocycles. The maximum atomic E-state index is 5.11. The van der Waals surface area contributed by atoms with Crippen molar-refractivity contribution in [1.82, 2.24) is 20.4 Å². The minimum absolute atomic E-state index is 0.262. The first kappa shape index (κ1) is 17.2. The fourth-order valence-corrected chi connectivity index (χ4v) is 2.38.